The Kier molecular flexibility index (Phi) is 4.48. The minimum Gasteiger partial charge on any atom is -0.310 e. The molecule has 1 aliphatic rings. The fourth-order valence-electron chi connectivity index (χ4n) is 3.21. The predicted octanol–water partition coefficient (Wildman–Crippen LogP) is 3.87. The number of aryl methyl sites for hydroxylation is 1. The molecule has 4 aromatic rings. The van der Waals surface area contributed by atoms with E-state index in [9.17, 15) is 9.59 Å². The quantitative estimate of drug-likeness (QED) is 0.508. The Morgan fingerprint density at radius 1 is 1.21 bits per heavy atom. The maximum Gasteiger partial charge on any atom is 0.267 e. The lowest BCUT2D eigenvalue weighted by atomic mass is 10.1. The second-order valence-electron chi connectivity index (χ2n) is 7.09. The molecule has 1 aliphatic carbocycles. The maximum atomic E-state index is 12.8. The lowest BCUT2D eigenvalue weighted by molar-refractivity contribution is 0.103. The monoisotopic (exact) mass is 423 g/mol. The summed E-state index contributed by atoms with van der Waals surface area (Å²) < 4.78 is 0. The highest BCUT2D eigenvalue weighted by Gasteiger charge is 2.28. The summed E-state index contributed by atoms with van der Waals surface area (Å²) in [6.07, 6.45) is 2.80. The number of hydrogen-bond acceptors (Lipinski definition) is 7. The Bertz CT molecular complexity index is 1270. The summed E-state index contributed by atoms with van der Waals surface area (Å²) in [5.74, 6) is 0.795. The molecule has 1 fully saturated rings. The Balaban J connectivity index is 1.44. The molecule has 7 nitrogen and oxygen atoms in total. The van der Waals surface area contributed by atoms with Crippen LogP contribution >= 0.6 is 22.7 Å². The van der Waals surface area contributed by atoms with Crippen LogP contribution in [0.3, 0.4) is 0 Å². The number of rotatable bonds is 5. The van der Waals surface area contributed by atoms with Gasteiger partial charge in [-0.2, -0.15) is 0 Å². The lowest BCUT2D eigenvalue weighted by Gasteiger charge is -2.01. The van der Waals surface area contributed by atoms with Crippen LogP contribution < -0.4 is 10.9 Å². The molecule has 9 heteroatoms. The first-order chi connectivity index (χ1) is 14.1. The molecule has 0 unspecified atom stereocenters. The summed E-state index contributed by atoms with van der Waals surface area (Å²) in [7, 11) is 0. The van der Waals surface area contributed by atoms with E-state index in [1.807, 2.05) is 30.3 Å². The van der Waals surface area contributed by atoms with Gasteiger partial charge >= 0.3 is 0 Å². The topological polar surface area (TPSA) is 101 Å². The molecule has 1 aromatic carbocycles. The van der Waals surface area contributed by atoms with Crippen LogP contribution in [0.2, 0.25) is 0 Å². The van der Waals surface area contributed by atoms with Gasteiger partial charge in [0.25, 0.3) is 11.5 Å². The van der Waals surface area contributed by atoms with Crippen molar-refractivity contribution in [1.29, 1.82) is 0 Å². The van der Waals surface area contributed by atoms with Gasteiger partial charge in [-0.05, 0) is 30.9 Å². The van der Waals surface area contributed by atoms with Crippen molar-refractivity contribution in [2.24, 2.45) is 0 Å². The number of hydrogen-bond donors (Lipinski definition) is 2. The van der Waals surface area contributed by atoms with E-state index in [0.29, 0.717) is 44.0 Å². The average molecular weight is 424 g/mol. The van der Waals surface area contributed by atoms with Gasteiger partial charge < -0.3 is 4.98 Å². The van der Waals surface area contributed by atoms with Crippen LogP contribution in [-0.2, 0) is 6.42 Å². The van der Waals surface area contributed by atoms with E-state index >= 15 is 0 Å². The molecule has 29 heavy (non-hydrogen) atoms. The molecule has 5 rings (SSSR count). The van der Waals surface area contributed by atoms with Crippen LogP contribution in [0.5, 0.6) is 0 Å². The van der Waals surface area contributed by atoms with Crippen LogP contribution in [0.4, 0.5) is 5.13 Å². The summed E-state index contributed by atoms with van der Waals surface area (Å²) >= 11 is 2.64. The number of fused-ring (bicyclic) bond motifs is 1. The molecule has 1 saturated carbocycles. The smallest absolute Gasteiger partial charge is 0.267 e. The van der Waals surface area contributed by atoms with Gasteiger partial charge in [-0.15, -0.1) is 21.5 Å². The summed E-state index contributed by atoms with van der Waals surface area (Å²) in [6.45, 7) is 1.78. The molecule has 3 aromatic heterocycles. The number of amides is 1. The molecule has 2 N–H and O–H groups in total. The van der Waals surface area contributed by atoms with E-state index < -0.39 is 0 Å². The second-order valence-corrected chi connectivity index (χ2v) is 9.09. The van der Waals surface area contributed by atoms with Crippen LogP contribution in [0.25, 0.3) is 10.2 Å². The van der Waals surface area contributed by atoms with E-state index in [0.717, 1.165) is 23.4 Å². The molecule has 0 saturated heterocycles. The number of nitrogens with zero attached hydrogens (tertiary/aromatic N) is 3. The Hall–Kier alpha value is -2.91. The number of carbonyl (C=O) groups is 1. The third-order valence-corrected chi connectivity index (χ3v) is 7.04. The Morgan fingerprint density at radius 3 is 2.76 bits per heavy atom. The molecular weight excluding hydrogens is 406 g/mol. The Labute approximate surface area is 173 Å². The van der Waals surface area contributed by atoms with Crippen molar-refractivity contribution in [3.8, 4) is 0 Å². The van der Waals surface area contributed by atoms with Crippen molar-refractivity contribution in [3.63, 3.8) is 0 Å². The number of benzene rings is 1. The zero-order chi connectivity index (χ0) is 20.0. The van der Waals surface area contributed by atoms with Gasteiger partial charge in [-0.3, -0.25) is 14.9 Å². The van der Waals surface area contributed by atoms with Gasteiger partial charge in [0.2, 0.25) is 5.13 Å². The highest BCUT2D eigenvalue weighted by Crippen LogP contribution is 2.42. The number of aromatic amines is 1. The van der Waals surface area contributed by atoms with E-state index in [-0.39, 0.29) is 11.5 Å². The van der Waals surface area contributed by atoms with Crippen molar-refractivity contribution >= 4 is 43.9 Å². The first-order valence-electron chi connectivity index (χ1n) is 9.29. The summed E-state index contributed by atoms with van der Waals surface area (Å²) in [5, 5.41) is 12.9. The average Bonchev–Trinajstić information content (AvgIpc) is 3.36. The van der Waals surface area contributed by atoms with Gasteiger partial charge in [-0.25, -0.2) is 4.98 Å². The molecule has 3 heterocycles. The number of anilines is 1. The van der Waals surface area contributed by atoms with Crippen LogP contribution in [-0.4, -0.2) is 26.1 Å². The summed E-state index contributed by atoms with van der Waals surface area (Å²) in [5.41, 5.74) is 1.47. The highest BCUT2D eigenvalue weighted by molar-refractivity contribution is 7.21. The predicted molar refractivity (Wildman–Crippen MR) is 114 cm³/mol. The maximum absolute atomic E-state index is 12.8. The number of aromatic nitrogens is 4. The largest absolute Gasteiger partial charge is 0.310 e. The fraction of sp³-hybridized carbons (Fsp3) is 0.250. The molecule has 0 aliphatic heterocycles. The van der Waals surface area contributed by atoms with Gasteiger partial charge in [-0.1, -0.05) is 41.7 Å². The molecule has 1 amide bonds. The first kappa shape index (κ1) is 18.1. The van der Waals surface area contributed by atoms with Gasteiger partial charge in [0.15, 0.2) is 0 Å². The summed E-state index contributed by atoms with van der Waals surface area (Å²) in [4.78, 5) is 33.9. The number of H-pyrrole nitrogens is 1. The van der Waals surface area contributed by atoms with E-state index in [4.69, 9.17) is 0 Å². The number of carbonyl (C=O) groups excluding carboxylic acids is 1. The third-order valence-electron chi connectivity index (χ3n) is 4.86. The molecule has 0 bridgehead atoms. The van der Waals surface area contributed by atoms with Crippen LogP contribution in [0.15, 0.2) is 35.1 Å². The first-order valence-corrected chi connectivity index (χ1v) is 10.9. The normalized spacial score (nSPS) is 13.7. The Morgan fingerprint density at radius 2 is 2.00 bits per heavy atom. The van der Waals surface area contributed by atoms with Crippen molar-refractivity contribution < 1.29 is 4.79 Å². The van der Waals surface area contributed by atoms with Gasteiger partial charge in [0, 0.05) is 12.3 Å². The van der Waals surface area contributed by atoms with E-state index in [1.54, 1.807) is 6.92 Å². The molecule has 0 radical (unpaired) electrons. The summed E-state index contributed by atoms with van der Waals surface area (Å²) in [6, 6.07) is 9.82. The third kappa shape index (κ3) is 3.58. The standard InChI is InChI=1S/C20H17N5O2S2/c1-10-14-16(26)21-13(9-11-5-3-2-4-6-11)22-19(14)28-15(10)17(27)23-20-25-24-18(29-20)12-7-8-12/h2-6,12H,7-9H2,1H3,(H,21,22,26)(H,23,25,27). The lowest BCUT2D eigenvalue weighted by Crippen LogP contribution is -2.13. The van der Waals surface area contributed by atoms with E-state index in [2.05, 4.69) is 25.5 Å². The zero-order valence-corrected chi connectivity index (χ0v) is 17.2. The van der Waals surface area contributed by atoms with Gasteiger partial charge in [0.05, 0.1) is 10.3 Å². The highest BCUT2D eigenvalue weighted by atomic mass is 32.1. The van der Waals surface area contributed by atoms with Crippen molar-refractivity contribution in [3.05, 3.63) is 67.5 Å². The van der Waals surface area contributed by atoms with Crippen molar-refractivity contribution in [2.75, 3.05) is 5.32 Å². The number of nitrogens with one attached hydrogen (secondary N) is 2. The minimum atomic E-state index is -0.284. The minimum absolute atomic E-state index is 0.222. The molecular formula is C20H17N5O2S2. The van der Waals surface area contributed by atoms with Crippen LogP contribution in [0.1, 0.15) is 50.4 Å². The van der Waals surface area contributed by atoms with Gasteiger partial charge in [0.1, 0.15) is 15.7 Å². The number of thiophene rings is 1. The van der Waals surface area contributed by atoms with Crippen molar-refractivity contribution in [2.45, 2.75) is 32.1 Å². The fourth-order valence-corrected chi connectivity index (χ4v) is 5.22. The van der Waals surface area contributed by atoms with Crippen LogP contribution in [0, 0.1) is 6.92 Å². The SMILES string of the molecule is Cc1c(C(=O)Nc2nnc(C3CC3)s2)sc2nc(Cc3ccccc3)[nH]c(=O)c12. The zero-order valence-electron chi connectivity index (χ0n) is 15.6. The molecule has 146 valence electrons. The van der Waals surface area contributed by atoms with E-state index in [1.165, 1.54) is 22.7 Å². The molecule has 0 spiro atoms. The van der Waals surface area contributed by atoms with Crippen molar-refractivity contribution in [1.82, 2.24) is 20.2 Å². The second kappa shape index (κ2) is 7.16. The molecule has 0 atom stereocenters.